The number of ether oxygens (including phenoxy) is 1. The van der Waals surface area contributed by atoms with E-state index in [0.717, 1.165) is 44.7 Å². The molecule has 0 bridgehead atoms. The summed E-state index contributed by atoms with van der Waals surface area (Å²) in [7, 11) is 3.69. The quantitative estimate of drug-likeness (QED) is 0.744. The van der Waals surface area contributed by atoms with E-state index in [9.17, 15) is 5.26 Å². The first-order valence-corrected chi connectivity index (χ1v) is 6.39. The van der Waals surface area contributed by atoms with E-state index in [2.05, 4.69) is 16.0 Å². The smallest absolute Gasteiger partial charge is 0.146 e. The molecule has 1 aromatic rings. The molecule has 0 spiro atoms. The maximum atomic E-state index is 9.23. The third kappa shape index (κ3) is 2.62. The summed E-state index contributed by atoms with van der Waals surface area (Å²) in [6, 6.07) is 4.27. The molecule has 0 aromatic carbocycles. The summed E-state index contributed by atoms with van der Waals surface area (Å²) in [4.78, 5) is 6.72. The van der Waals surface area contributed by atoms with Crippen LogP contribution < -0.4 is 4.90 Å². The molecule has 18 heavy (non-hydrogen) atoms. The third-order valence-corrected chi connectivity index (χ3v) is 3.35. The summed E-state index contributed by atoms with van der Waals surface area (Å²) in [5.74, 6) is 0.814. The average Bonchev–Trinajstić information content (AvgIpc) is 2.84. The van der Waals surface area contributed by atoms with Gasteiger partial charge in [0.25, 0.3) is 0 Å². The molecular formula is C14H19N3O. The minimum Gasteiger partial charge on any atom is -0.385 e. The van der Waals surface area contributed by atoms with E-state index in [4.69, 9.17) is 4.74 Å². The van der Waals surface area contributed by atoms with Gasteiger partial charge < -0.3 is 9.64 Å². The van der Waals surface area contributed by atoms with Crippen LogP contribution in [0.3, 0.4) is 0 Å². The number of nitriles is 1. The topological polar surface area (TPSA) is 49.1 Å². The molecular weight excluding hydrogens is 226 g/mol. The lowest BCUT2D eigenvalue weighted by atomic mass is 10.1. The van der Waals surface area contributed by atoms with Crippen LogP contribution in [0.1, 0.15) is 29.7 Å². The van der Waals surface area contributed by atoms with Crippen LogP contribution in [0.4, 0.5) is 5.82 Å². The van der Waals surface area contributed by atoms with Crippen LogP contribution in [0, 0.1) is 11.3 Å². The van der Waals surface area contributed by atoms with Gasteiger partial charge in [-0.05, 0) is 37.3 Å². The summed E-state index contributed by atoms with van der Waals surface area (Å²) in [5.41, 5.74) is 3.11. The molecule has 0 saturated heterocycles. The fourth-order valence-electron chi connectivity index (χ4n) is 2.39. The van der Waals surface area contributed by atoms with Crippen molar-refractivity contribution in [3.8, 4) is 6.07 Å². The van der Waals surface area contributed by atoms with Crippen molar-refractivity contribution < 1.29 is 4.74 Å². The Morgan fingerprint density at radius 3 is 3.06 bits per heavy atom. The number of fused-ring (bicyclic) bond motifs is 1. The van der Waals surface area contributed by atoms with Gasteiger partial charge in [-0.1, -0.05) is 0 Å². The van der Waals surface area contributed by atoms with E-state index in [-0.39, 0.29) is 0 Å². The van der Waals surface area contributed by atoms with Gasteiger partial charge in [-0.2, -0.15) is 5.26 Å². The monoisotopic (exact) mass is 245 g/mol. The summed E-state index contributed by atoms with van der Waals surface area (Å²) < 4.78 is 5.05. The number of aryl methyl sites for hydroxylation is 2. The summed E-state index contributed by atoms with van der Waals surface area (Å²) >= 11 is 0. The molecule has 1 aromatic heterocycles. The van der Waals surface area contributed by atoms with Crippen molar-refractivity contribution in [1.82, 2.24) is 4.98 Å². The van der Waals surface area contributed by atoms with Gasteiger partial charge in [-0.3, -0.25) is 0 Å². The van der Waals surface area contributed by atoms with Crippen LogP contribution in [0.15, 0.2) is 6.07 Å². The van der Waals surface area contributed by atoms with Crippen LogP contribution in [-0.2, 0) is 17.6 Å². The Labute approximate surface area is 108 Å². The minimum atomic E-state index is 0.690. The first-order chi connectivity index (χ1) is 8.76. The van der Waals surface area contributed by atoms with E-state index >= 15 is 0 Å². The van der Waals surface area contributed by atoms with Crippen molar-refractivity contribution in [1.29, 1.82) is 5.26 Å². The van der Waals surface area contributed by atoms with E-state index in [1.807, 2.05) is 13.1 Å². The molecule has 1 heterocycles. The van der Waals surface area contributed by atoms with Crippen molar-refractivity contribution in [3.63, 3.8) is 0 Å². The van der Waals surface area contributed by atoms with Gasteiger partial charge in [0, 0.05) is 33.0 Å². The SMILES string of the molecule is COCCCN(C)c1nc2c(cc1C#N)CCC2. The molecule has 1 aliphatic rings. The molecule has 0 fully saturated rings. The van der Waals surface area contributed by atoms with E-state index in [0.29, 0.717) is 5.56 Å². The van der Waals surface area contributed by atoms with E-state index in [1.54, 1.807) is 7.11 Å². The number of aromatic nitrogens is 1. The highest BCUT2D eigenvalue weighted by atomic mass is 16.5. The Morgan fingerprint density at radius 2 is 2.33 bits per heavy atom. The molecule has 0 atom stereocenters. The average molecular weight is 245 g/mol. The summed E-state index contributed by atoms with van der Waals surface area (Å²) in [5, 5.41) is 9.23. The van der Waals surface area contributed by atoms with E-state index in [1.165, 1.54) is 11.3 Å². The Balaban J connectivity index is 2.18. The van der Waals surface area contributed by atoms with Gasteiger partial charge in [0.1, 0.15) is 11.9 Å². The number of anilines is 1. The first kappa shape index (κ1) is 12.8. The predicted molar refractivity (Wildman–Crippen MR) is 70.7 cm³/mol. The standard InChI is InChI=1S/C14H19N3O/c1-17(7-4-8-18-2)14-12(10-15)9-11-5-3-6-13(11)16-14/h9H,3-8H2,1-2H3. The van der Waals surface area contributed by atoms with E-state index < -0.39 is 0 Å². The fourth-order valence-corrected chi connectivity index (χ4v) is 2.39. The number of methoxy groups -OCH3 is 1. The second kappa shape index (κ2) is 5.83. The number of rotatable bonds is 5. The Kier molecular flexibility index (Phi) is 4.16. The zero-order valence-electron chi connectivity index (χ0n) is 11.1. The van der Waals surface area contributed by atoms with Crippen molar-refractivity contribution in [3.05, 3.63) is 22.9 Å². The number of hydrogen-bond acceptors (Lipinski definition) is 4. The van der Waals surface area contributed by atoms with Crippen LogP contribution >= 0.6 is 0 Å². The predicted octanol–water partition coefficient (Wildman–Crippen LogP) is 1.91. The largest absolute Gasteiger partial charge is 0.385 e. The molecule has 2 rings (SSSR count). The lowest BCUT2D eigenvalue weighted by Crippen LogP contribution is -2.22. The zero-order valence-corrected chi connectivity index (χ0v) is 11.1. The van der Waals surface area contributed by atoms with Crippen LogP contribution in [0.5, 0.6) is 0 Å². The minimum absolute atomic E-state index is 0.690. The van der Waals surface area contributed by atoms with Crippen molar-refractivity contribution >= 4 is 5.82 Å². The molecule has 0 radical (unpaired) electrons. The number of pyridine rings is 1. The Bertz CT molecular complexity index is 465. The molecule has 1 aliphatic carbocycles. The Morgan fingerprint density at radius 1 is 1.50 bits per heavy atom. The number of hydrogen-bond donors (Lipinski definition) is 0. The highest BCUT2D eigenvalue weighted by Crippen LogP contribution is 2.26. The van der Waals surface area contributed by atoms with Gasteiger partial charge in [-0.25, -0.2) is 4.98 Å². The normalized spacial score (nSPS) is 13.2. The maximum absolute atomic E-state index is 9.23. The number of nitrogens with zero attached hydrogens (tertiary/aromatic N) is 3. The maximum Gasteiger partial charge on any atom is 0.146 e. The zero-order chi connectivity index (χ0) is 13.0. The van der Waals surface area contributed by atoms with Gasteiger partial charge in [0.15, 0.2) is 0 Å². The molecule has 0 aliphatic heterocycles. The second-order valence-corrected chi connectivity index (χ2v) is 4.70. The molecule has 0 amide bonds. The van der Waals surface area contributed by atoms with Gasteiger partial charge in [-0.15, -0.1) is 0 Å². The van der Waals surface area contributed by atoms with Gasteiger partial charge in [0.2, 0.25) is 0 Å². The van der Waals surface area contributed by atoms with Gasteiger partial charge >= 0.3 is 0 Å². The van der Waals surface area contributed by atoms with Crippen LogP contribution in [0.25, 0.3) is 0 Å². The molecule has 0 saturated carbocycles. The molecule has 0 unspecified atom stereocenters. The Hall–Kier alpha value is -1.60. The van der Waals surface area contributed by atoms with Crippen LogP contribution in [-0.4, -0.2) is 32.3 Å². The first-order valence-electron chi connectivity index (χ1n) is 6.39. The molecule has 0 N–H and O–H groups in total. The highest BCUT2D eigenvalue weighted by Gasteiger charge is 2.18. The van der Waals surface area contributed by atoms with Gasteiger partial charge in [0.05, 0.1) is 5.56 Å². The van der Waals surface area contributed by atoms with Crippen molar-refractivity contribution in [2.75, 3.05) is 32.2 Å². The second-order valence-electron chi connectivity index (χ2n) is 4.70. The fraction of sp³-hybridized carbons (Fsp3) is 0.571. The van der Waals surface area contributed by atoms with Crippen molar-refractivity contribution in [2.24, 2.45) is 0 Å². The molecule has 4 heteroatoms. The van der Waals surface area contributed by atoms with Crippen LogP contribution in [0.2, 0.25) is 0 Å². The highest BCUT2D eigenvalue weighted by molar-refractivity contribution is 5.56. The lowest BCUT2D eigenvalue weighted by Gasteiger charge is -2.20. The molecule has 96 valence electrons. The third-order valence-electron chi connectivity index (χ3n) is 3.35. The lowest BCUT2D eigenvalue weighted by molar-refractivity contribution is 0.196. The molecule has 4 nitrogen and oxygen atoms in total. The summed E-state index contributed by atoms with van der Waals surface area (Å²) in [6.07, 6.45) is 4.20. The van der Waals surface area contributed by atoms with Crippen molar-refractivity contribution in [2.45, 2.75) is 25.7 Å². The summed E-state index contributed by atoms with van der Waals surface area (Å²) in [6.45, 7) is 1.59.